The summed E-state index contributed by atoms with van der Waals surface area (Å²) in [5.74, 6) is 0. The van der Waals surface area contributed by atoms with Crippen molar-refractivity contribution in [3.8, 4) is 0 Å². The highest BCUT2D eigenvalue weighted by molar-refractivity contribution is 9.11. The lowest BCUT2D eigenvalue weighted by Gasteiger charge is -2.35. The fourth-order valence-electron chi connectivity index (χ4n) is 2.34. The Balaban J connectivity index is 1.77. The van der Waals surface area contributed by atoms with E-state index in [1.807, 2.05) is 6.20 Å². The summed E-state index contributed by atoms with van der Waals surface area (Å²) in [6, 6.07) is 10.9. The van der Waals surface area contributed by atoms with Crippen molar-refractivity contribution in [1.29, 1.82) is 0 Å². The largest absolute Gasteiger partial charge is 0.378 e. The minimum atomic E-state index is 0.331. The summed E-state index contributed by atoms with van der Waals surface area (Å²) < 4.78 is 6.73. The second-order valence-corrected chi connectivity index (χ2v) is 7.02. The van der Waals surface area contributed by atoms with Gasteiger partial charge in [-0.15, -0.1) is 11.3 Å². The van der Waals surface area contributed by atoms with Gasteiger partial charge in [-0.1, -0.05) is 30.3 Å². The number of hydrogen-bond acceptors (Lipinski definition) is 4. The second-order valence-electron chi connectivity index (χ2n) is 4.53. The third-order valence-electron chi connectivity index (χ3n) is 3.29. The molecule has 1 aliphatic heterocycles. The maximum atomic E-state index is 5.64. The first-order valence-corrected chi connectivity index (χ1v) is 7.91. The maximum absolute atomic E-state index is 5.64. The zero-order valence-corrected chi connectivity index (χ0v) is 12.9. The normalized spacial score (nSPS) is 20.6. The van der Waals surface area contributed by atoms with Gasteiger partial charge in [0.25, 0.3) is 0 Å². The Hall–Kier alpha value is -0.750. The van der Waals surface area contributed by atoms with Gasteiger partial charge in [-0.05, 0) is 21.5 Å². The molecule has 1 atom stereocenters. The first kappa shape index (κ1) is 13.2. The van der Waals surface area contributed by atoms with E-state index in [4.69, 9.17) is 4.74 Å². The molecule has 0 radical (unpaired) electrons. The van der Waals surface area contributed by atoms with Crippen molar-refractivity contribution in [2.75, 3.05) is 19.8 Å². The van der Waals surface area contributed by atoms with Crippen molar-refractivity contribution >= 4 is 27.3 Å². The average Bonchev–Trinajstić information content (AvgIpc) is 2.86. The molecule has 1 saturated heterocycles. The van der Waals surface area contributed by atoms with Crippen LogP contribution in [0.3, 0.4) is 0 Å². The minimum absolute atomic E-state index is 0.331. The Kier molecular flexibility index (Phi) is 4.28. The van der Waals surface area contributed by atoms with E-state index >= 15 is 0 Å². The summed E-state index contributed by atoms with van der Waals surface area (Å²) >= 11 is 5.17. The Bertz CT molecular complexity index is 531. The third-order valence-corrected chi connectivity index (χ3v) is 4.75. The molecular formula is C14H15BrN2OS. The van der Waals surface area contributed by atoms with Crippen LogP contribution in [-0.2, 0) is 11.3 Å². The van der Waals surface area contributed by atoms with E-state index in [0.717, 1.165) is 35.1 Å². The minimum Gasteiger partial charge on any atom is -0.378 e. The summed E-state index contributed by atoms with van der Waals surface area (Å²) in [7, 11) is 0. The molecule has 0 bridgehead atoms. The molecule has 1 aromatic heterocycles. The van der Waals surface area contributed by atoms with Gasteiger partial charge < -0.3 is 4.74 Å². The molecular weight excluding hydrogens is 324 g/mol. The third kappa shape index (κ3) is 3.23. The number of morpholine rings is 1. The van der Waals surface area contributed by atoms with Crippen LogP contribution in [0, 0.1) is 0 Å². The van der Waals surface area contributed by atoms with Gasteiger partial charge in [0.15, 0.2) is 0 Å². The van der Waals surface area contributed by atoms with Crippen LogP contribution in [0.5, 0.6) is 0 Å². The molecule has 19 heavy (non-hydrogen) atoms. The van der Waals surface area contributed by atoms with Crippen LogP contribution in [0.2, 0.25) is 0 Å². The van der Waals surface area contributed by atoms with Crippen LogP contribution in [0.4, 0.5) is 0 Å². The van der Waals surface area contributed by atoms with Crippen molar-refractivity contribution < 1.29 is 4.74 Å². The molecule has 0 unspecified atom stereocenters. The molecule has 1 aromatic carbocycles. The highest BCUT2D eigenvalue weighted by Gasteiger charge is 2.25. The average molecular weight is 339 g/mol. The number of hydrogen-bond donors (Lipinski definition) is 0. The highest BCUT2D eigenvalue weighted by atomic mass is 79.9. The number of aromatic nitrogens is 1. The smallest absolute Gasteiger partial charge is 0.108 e. The molecule has 2 aromatic rings. The topological polar surface area (TPSA) is 25.4 Å². The first-order chi connectivity index (χ1) is 9.33. The van der Waals surface area contributed by atoms with E-state index in [0.29, 0.717) is 6.04 Å². The number of rotatable bonds is 3. The van der Waals surface area contributed by atoms with Crippen LogP contribution in [0.15, 0.2) is 40.3 Å². The fraction of sp³-hybridized carbons (Fsp3) is 0.357. The SMILES string of the molecule is Brc1cnc(CN2CCOC[C@@H]2c2ccccc2)s1. The van der Waals surface area contributed by atoms with E-state index in [9.17, 15) is 0 Å². The lowest BCUT2D eigenvalue weighted by atomic mass is 10.1. The highest BCUT2D eigenvalue weighted by Crippen LogP contribution is 2.28. The lowest BCUT2D eigenvalue weighted by Crippen LogP contribution is -2.38. The van der Waals surface area contributed by atoms with Crippen LogP contribution in [0.1, 0.15) is 16.6 Å². The maximum Gasteiger partial charge on any atom is 0.108 e. The van der Waals surface area contributed by atoms with Crippen molar-refractivity contribution in [1.82, 2.24) is 9.88 Å². The van der Waals surface area contributed by atoms with Crippen LogP contribution >= 0.6 is 27.3 Å². The second kappa shape index (κ2) is 6.13. The summed E-state index contributed by atoms with van der Waals surface area (Å²) in [6.07, 6.45) is 1.87. The molecule has 3 rings (SSSR count). The van der Waals surface area contributed by atoms with E-state index in [1.54, 1.807) is 11.3 Å². The monoisotopic (exact) mass is 338 g/mol. The van der Waals surface area contributed by atoms with Gasteiger partial charge in [-0.3, -0.25) is 4.90 Å². The predicted octanol–water partition coefficient (Wildman–Crippen LogP) is 3.48. The van der Waals surface area contributed by atoms with Crippen molar-refractivity contribution in [3.63, 3.8) is 0 Å². The van der Waals surface area contributed by atoms with Gasteiger partial charge in [0.05, 0.1) is 35.8 Å². The number of ether oxygens (including phenoxy) is 1. The molecule has 2 heterocycles. The van der Waals surface area contributed by atoms with Gasteiger partial charge in [-0.2, -0.15) is 0 Å². The quantitative estimate of drug-likeness (QED) is 0.856. The Labute approximate surface area is 125 Å². The predicted molar refractivity (Wildman–Crippen MR) is 80.2 cm³/mol. The molecule has 5 heteroatoms. The number of halogens is 1. The molecule has 100 valence electrons. The van der Waals surface area contributed by atoms with Crippen molar-refractivity contribution in [2.45, 2.75) is 12.6 Å². The van der Waals surface area contributed by atoms with E-state index in [2.05, 4.69) is 56.1 Å². The zero-order chi connectivity index (χ0) is 13.1. The molecule has 0 amide bonds. The summed E-state index contributed by atoms with van der Waals surface area (Å²) in [5, 5.41) is 1.15. The standard InChI is InChI=1S/C14H15BrN2OS/c15-13-8-16-14(19-13)9-17-6-7-18-10-12(17)11-4-2-1-3-5-11/h1-5,8,12H,6-7,9-10H2/t12-/m1/s1. The summed E-state index contributed by atoms with van der Waals surface area (Å²) in [5.41, 5.74) is 1.32. The number of thiazole rings is 1. The van der Waals surface area contributed by atoms with Gasteiger partial charge in [0.2, 0.25) is 0 Å². The number of benzene rings is 1. The number of nitrogens with zero attached hydrogens (tertiary/aromatic N) is 2. The summed E-state index contributed by atoms with van der Waals surface area (Å²) in [6.45, 7) is 3.41. The Morgan fingerprint density at radius 2 is 2.21 bits per heavy atom. The molecule has 0 saturated carbocycles. The van der Waals surface area contributed by atoms with Crippen LogP contribution in [0.25, 0.3) is 0 Å². The van der Waals surface area contributed by atoms with Gasteiger partial charge in [0, 0.05) is 6.54 Å². The molecule has 1 fully saturated rings. The molecule has 0 aliphatic carbocycles. The molecule has 1 aliphatic rings. The Morgan fingerprint density at radius 1 is 1.37 bits per heavy atom. The molecule has 0 spiro atoms. The van der Waals surface area contributed by atoms with Gasteiger partial charge in [0.1, 0.15) is 5.01 Å². The van der Waals surface area contributed by atoms with Crippen molar-refractivity contribution in [3.05, 3.63) is 50.9 Å². The molecule has 0 N–H and O–H groups in total. The van der Waals surface area contributed by atoms with Crippen LogP contribution in [-0.4, -0.2) is 29.6 Å². The van der Waals surface area contributed by atoms with Crippen molar-refractivity contribution in [2.24, 2.45) is 0 Å². The fourth-order valence-corrected chi connectivity index (χ4v) is 3.67. The Morgan fingerprint density at radius 3 is 2.95 bits per heavy atom. The van der Waals surface area contributed by atoms with E-state index in [1.165, 1.54) is 5.56 Å². The summed E-state index contributed by atoms with van der Waals surface area (Å²) in [4.78, 5) is 6.88. The zero-order valence-electron chi connectivity index (χ0n) is 10.5. The van der Waals surface area contributed by atoms with E-state index in [-0.39, 0.29) is 0 Å². The van der Waals surface area contributed by atoms with E-state index < -0.39 is 0 Å². The first-order valence-electron chi connectivity index (χ1n) is 6.30. The molecule has 3 nitrogen and oxygen atoms in total. The van der Waals surface area contributed by atoms with Crippen LogP contribution < -0.4 is 0 Å². The van der Waals surface area contributed by atoms with Gasteiger partial charge >= 0.3 is 0 Å². The lowest BCUT2D eigenvalue weighted by molar-refractivity contribution is -0.0127. The van der Waals surface area contributed by atoms with Gasteiger partial charge in [-0.25, -0.2) is 4.98 Å².